The van der Waals surface area contributed by atoms with Crippen LogP contribution in [-0.4, -0.2) is 27.2 Å². The van der Waals surface area contributed by atoms with E-state index in [4.69, 9.17) is 4.98 Å². The third-order valence-electron chi connectivity index (χ3n) is 4.39. The highest BCUT2D eigenvalue weighted by Crippen LogP contribution is 2.36. The van der Waals surface area contributed by atoms with Crippen LogP contribution in [0.3, 0.4) is 0 Å². The van der Waals surface area contributed by atoms with E-state index in [1.54, 1.807) is 6.20 Å². The van der Waals surface area contributed by atoms with Crippen LogP contribution >= 0.6 is 0 Å². The number of benzene rings is 1. The van der Waals surface area contributed by atoms with E-state index >= 15 is 0 Å². The number of rotatable bonds is 1. The third kappa shape index (κ3) is 3.34. The maximum atomic E-state index is 13.0. The largest absolute Gasteiger partial charge is 0.349 e. The summed E-state index contributed by atoms with van der Waals surface area (Å²) in [4.78, 5) is 31.5. The molecule has 1 aromatic carbocycles. The van der Waals surface area contributed by atoms with E-state index in [1.807, 2.05) is 58.9 Å². The summed E-state index contributed by atoms with van der Waals surface area (Å²) < 4.78 is 0. The Kier molecular flexibility index (Phi) is 4.34. The Labute approximate surface area is 154 Å². The van der Waals surface area contributed by atoms with Crippen LogP contribution in [0.4, 0.5) is 0 Å². The first-order chi connectivity index (χ1) is 12.1. The molecular formula is C21H25N3O2. The van der Waals surface area contributed by atoms with E-state index < -0.39 is 11.6 Å². The first-order valence-electron chi connectivity index (χ1n) is 8.78. The highest BCUT2D eigenvalue weighted by molar-refractivity contribution is 5.94. The Bertz CT molecular complexity index is 938. The van der Waals surface area contributed by atoms with Crippen LogP contribution in [0.15, 0.2) is 30.5 Å². The second-order valence-electron chi connectivity index (χ2n) is 8.00. The van der Waals surface area contributed by atoms with Crippen molar-refractivity contribution in [3.63, 3.8) is 0 Å². The number of hydrogen-bond acceptors (Lipinski definition) is 3. The average molecular weight is 351 g/mol. The number of pyridine rings is 1. The van der Waals surface area contributed by atoms with Crippen molar-refractivity contribution in [2.75, 3.05) is 0 Å². The lowest BCUT2D eigenvalue weighted by molar-refractivity contribution is -0.137. The first-order valence-corrected chi connectivity index (χ1v) is 8.78. The average Bonchev–Trinajstić information content (AvgIpc) is 2.51. The predicted octanol–water partition coefficient (Wildman–Crippen LogP) is 3.72. The Morgan fingerprint density at radius 3 is 2.46 bits per heavy atom. The summed E-state index contributed by atoms with van der Waals surface area (Å²) in [5.74, 6) is -0.375. The molecule has 1 aliphatic rings. The lowest BCUT2D eigenvalue weighted by Gasteiger charge is -2.35. The molecule has 1 atom stereocenters. The first kappa shape index (κ1) is 18.1. The van der Waals surface area contributed by atoms with E-state index in [-0.39, 0.29) is 11.8 Å². The molecule has 0 saturated heterocycles. The fourth-order valence-corrected chi connectivity index (χ4v) is 3.31. The number of amides is 2. The molecular weight excluding hydrogens is 326 g/mol. The lowest BCUT2D eigenvalue weighted by Crippen LogP contribution is -2.48. The van der Waals surface area contributed by atoms with E-state index in [9.17, 15) is 9.59 Å². The Morgan fingerprint density at radius 2 is 1.85 bits per heavy atom. The van der Waals surface area contributed by atoms with Gasteiger partial charge in [-0.05, 0) is 58.4 Å². The van der Waals surface area contributed by atoms with Gasteiger partial charge in [0.25, 0.3) is 0 Å². The molecule has 0 bridgehead atoms. The molecule has 0 aliphatic carbocycles. The highest BCUT2D eigenvalue weighted by atomic mass is 16.2. The summed E-state index contributed by atoms with van der Waals surface area (Å²) in [6.45, 7) is 11.2. The van der Waals surface area contributed by atoms with Crippen molar-refractivity contribution in [1.82, 2.24) is 15.2 Å². The van der Waals surface area contributed by atoms with Gasteiger partial charge in [0, 0.05) is 29.6 Å². The third-order valence-corrected chi connectivity index (χ3v) is 4.39. The van der Waals surface area contributed by atoms with Crippen LogP contribution in [-0.2, 0) is 9.59 Å². The van der Waals surface area contributed by atoms with Gasteiger partial charge in [0.15, 0.2) is 0 Å². The van der Waals surface area contributed by atoms with Gasteiger partial charge < -0.3 is 10.2 Å². The van der Waals surface area contributed by atoms with Crippen molar-refractivity contribution < 1.29 is 9.59 Å². The van der Waals surface area contributed by atoms with Crippen LogP contribution in [0.5, 0.6) is 0 Å². The number of aryl methyl sites for hydroxylation is 1. The Hall–Kier alpha value is -2.69. The quantitative estimate of drug-likeness (QED) is 0.852. The molecule has 2 heterocycles. The molecule has 1 aliphatic heterocycles. The zero-order valence-corrected chi connectivity index (χ0v) is 16.2. The number of hydrogen-bond donors (Lipinski definition) is 1. The van der Waals surface area contributed by atoms with Crippen molar-refractivity contribution in [2.45, 2.75) is 53.1 Å². The van der Waals surface area contributed by atoms with Crippen molar-refractivity contribution in [2.24, 2.45) is 0 Å². The number of allylic oxidation sites excluding steroid dienone is 1. The predicted molar refractivity (Wildman–Crippen MR) is 103 cm³/mol. The van der Waals surface area contributed by atoms with Crippen LogP contribution in [0.1, 0.15) is 57.5 Å². The molecule has 26 heavy (non-hydrogen) atoms. The lowest BCUT2D eigenvalue weighted by atomic mass is 9.92. The number of fused-ring (bicyclic) bond motifs is 2. The molecule has 1 unspecified atom stereocenters. The van der Waals surface area contributed by atoms with Crippen molar-refractivity contribution >= 4 is 28.3 Å². The molecule has 1 aromatic heterocycles. The maximum absolute atomic E-state index is 13.0. The zero-order chi connectivity index (χ0) is 19.2. The fourth-order valence-electron chi connectivity index (χ4n) is 3.31. The van der Waals surface area contributed by atoms with Gasteiger partial charge in [-0.2, -0.15) is 0 Å². The number of carbonyl (C=O) groups is 2. The van der Waals surface area contributed by atoms with E-state index in [0.717, 1.165) is 33.3 Å². The summed E-state index contributed by atoms with van der Waals surface area (Å²) in [7, 11) is 0. The minimum Gasteiger partial charge on any atom is -0.349 e. The molecule has 5 heteroatoms. The normalized spacial score (nSPS) is 16.9. The molecule has 2 aromatic rings. The maximum Gasteiger partial charge on any atom is 0.248 e. The molecule has 5 nitrogen and oxygen atoms in total. The number of aromatic nitrogens is 1. The van der Waals surface area contributed by atoms with Gasteiger partial charge in [0.1, 0.15) is 6.04 Å². The molecule has 0 fully saturated rings. The Morgan fingerprint density at radius 1 is 1.15 bits per heavy atom. The number of nitrogens with zero attached hydrogens (tertiary/aromatic N) is 2. The highest BCUT2D eigenvalue weighted by Gasteiger charge is 2.36. The van der Waals surface area contributed by atoms with Crippen LogP contribution in [0, 0.1) is 6.92 Å². The second kappa shape index (κ2) is 6.24. The monoisotopic (exact) mass is 351 g/mol. The van der Waals surface area contributed by atoms with Gasteiger partial charge >= 0.3 is 0 Å². The van der Waals surface area contributed by atoms with Crippen LogP contribution in [0.25, 0.3) is 16.5 Å². The molecule has 1 N–H and O–H groups in total. The standard InChI is InChI=1S/C21H25N3O2/c1-12-7-8-17-15(9-12)10-16-18(22-17)13(2)11-24(14(3)25)19(16)20(26)23-21(4,5)6/h7-11,19H,1-6H3,(H,23,26). The number of carbonyl (C=O) groups excluding carboxylic acids is 2. The van der Waals surface area contributed by atoms with Gasteiger partial charge in [-0.1, -0.05) is 11.6 Å². The Balaban J connectivity index is 2.21. The number of nitrogens with one attached hydrogen (secondary N) is 1. The summed E-state index contributed by atoms with van der Waals surface area (Å²) in [5, 5.41) is 3.97. The summed E-state index contributed by atoms with van der Waals surface area (Å²) >= 11 is 0. The van der Waals surface area contributed by atoms with E-state index in [0.29, 0.717) is 0 Å². The van der Waals surface area contributed by atoms with Crippen molar-refractivity contribution in [1.29, 1.82) is 0 Å². The fraction of sp³-hybridized carbons (Fsp3) is 0.381. The molecule has 3 rings (SSSR count). The molecule has 0 radical (unpaired) electrons. The SMILES string of the molecule is CC(=O)N1C=C(C)c2nc3ccc(C)cc3cc2C1C(=O)NC(C)(C)C. The molecule has 0 saturated carbocycles. The van der Waals surface area contributed by atoms with E-state index in [2.05, 4.69) is 5.32 Å². The van der Waals surface area contributed by atoms with Crippen molar-refractivity contribution in [3.05, 3.63) is 47.3 Å². The van der Waals surface area contributed by atoms with Gasteiger partial charge in [-0.25, -0.2) is 4.98 Å². The van der Waals surface area contributed by atoms with Crippen LogP contribution in [0.2, 0.25) is 0 Å². The van der Waals surface area contributed by atoms with E-state index in [1.165, 1.54) is 11.8 Å². The van der Waals surface area contributed by atoms with Gasteiger partial charge in [-0.15, -0.1) is 0 Å². The zero-order valence-electron chi connectivity index (χ0n) is 16.2. The van der Waals surface area contributed by atoms with Gasteiger partial charge in [0.05, 0.1) is 11.2 Å². The molecule has 0 spiro atoms. The van der Waals surface area contributed by atoms with Gasteiger partial charge in [-0.3, -0.25) is 9.59 Å². The summed E-state index contributed by atoms with van der Waals surface area (Å²) in [6.07, 6.45) is 1.73. The second-order valence-corrected chi connectivity index (χ2v) is 8.00. The molecule has 136 valence electrons. The summed E-state index contributed by atoms with van der Waals surface area (Å²) in [6, 6.07) is 7.33. The minimum absolute atomic E-state index is 0.173. The molecule has 2 amide bonds. The topological polar surface area (TPSA) is 62.3 Å². The van der Waals surface area contributed by atoms with Crippen LogP contribution < -0.4 is 5.32 Å². The summed E-state index contributed by atoms with van der Waals surface area (Å²) in [5.41, 5.74) is 4.02. The minimum atomic E-state index is -0.720. The van der Waals surface area contributed by atoms with Crippen molar-refractivity contribution in [3.8, 4) is 0 Å². The smallest absolute Gasteiger partial charge is 0.248 e. The van der Waals surface area contributed by atoms with Gasteiger partial charge in [0.2, 0.25) is 11.8 Å².